The van der Waals surface area contributed by atoms with E-state index in [0.29, 0.717) is 12.5 Å². The van der Waals surface area contributed by atoms with Gasteiger partial charge in [-0.1, -0.05) is 68.5 Å². The molecule has 0 aromatic heterocycles. The van der Waals surface area contributed by atoms with Crippen molar-refractivity contribution in [1.82, 2.24) is 0 Å². The van der Waals surface area contributed by atoms with Crippen molar-refractivity contribution < 1.29 is 19.1 Å². The van der Waals surface area contributed by atoms with E-state index in [-0.39, 0.29) is 9.89 Å². The Hall–Kier alpha value is -0.330. The van der Waals surface area contributed by atoms with Crippen molar-refractivity contribution in [2.45, 2.75) is 62.4 Å². The Balaban J connectivity index is 1.85. The maximum atomic E-state index is 12.2. The lowest BCUT2D eigenvalue weighted by molar-refractivity contribution is -0.162. The van der Waals surface area contributed by atoms with Crippen LogP contribution in [0.1, 0.15) is 52.4 Å². The molecule has 0 radical (unpaired) electrons. The normalized spacial score (nSPS) is 27.9. The first-order chi connectivity index (χ1) is 9.40. The molecule has 2 fully saturated rings. The Morgan fingerprint density at radius 1 is 1.40 bits per heavy atom. The molecule has 0 aromatic carbocycles. The molecule has 2 aliphatic rings. The lowest BCUT2D eigenvalue weighted by Gasteiger charge is -2.25. The Morgan fingerprint density at radius 3 is 2.60 bits per heavy atom. The number of alkyl halides is 1. The van der Waals surface area contributed by atoms with Crippen LogP contribution in [0.3, 0.4) is 0 Å². The summed E-state index contributed by atoms with van der Waals surface area (Å²) >= 11 is 2.15. The molecule has 5 heteroatoms. The number of carbonyl (C=O) groups excluding carboxylic acids is 2. The van der Waals surface area contributed by atoms with Gasteiger partial charge in [-0.15, -0.1) is 0 Å². The van der Waals surface area contributed by atoms with Crippen LogP contribution in [-0.2, 0) is 19.1 Å². The van der Waals surface area contributed by atoms with Gasteiger partial charge < -0.3 is 9.47 Å². The third-order valence-electron chi connectivity index (χ3n) is 4.27. The minimum atomic E-state index is -0.751. The molecule has 2 rings (SSSR count). The zero-order chi connectivity index (χ0) is 14.8. The van der Waals surface area contributed by atoms with Gasteiger partial charge in [0.1, 0.15) is 10.5 Å². The number of hydrogen-bond donors (Lipinski definition) is 0. The average molecular weight is 394 g/mol. The molecule has 0 spiro atoms. The molecule has 0 bridgehead atoms. The molecule has 20 heavy (non-hydrogen) atoms. The summed E-state index contributed by atoms with van der Waals surface area (Å²) in [5, 5.41) is 0. The van der Waals surface area contributed by atoms with Crippen molar-refractivity contribution in [3.8, 4) is 0 Å². The molecule has 4 nitrogen and oxygen atoms in total. The van der Waals surface area contributed by atoms with Gasteiger partial charge >= 0.3 is 11.9 Å². The van der Waals surface area contributed by atoms with Gasteiger partial charge in [-0.25, -0.2) is 4.79 Å². The molecule has 2 atom stereocenters. The first-order valence-corrected chi connectivity index (χ1v) is 8.66. The zero-order valence-corrected chi connectivity index (χ0v) is 14.4. The predicted octanol–water partition coefficient (Wildman–Crippen LogP) is 3.26. The van der Waals surface area contributed by atoms with Crippen molar-refractivity contribution in [2.75, 3.05) is 6.61 Å². The van der Waals surface area contributed by atoms with Gasteiger partial charge in [-0.3, -0.25) is 4.79 Å². The average Bonchev–Trinajstić information content (AvgIpc) is 2.66. The van der Waals surface area contributed by atoms with Gasteiger partial charge in [-0.05, 0) is 12.3 Å². The van der Waals surface area contributed by atoms with Crippen LogP contribution in [0.2, 0.25) is 0 Å². The minimum Gasteiger partial charge on any atom is -0.462 e. The van der Waals surface area contributed by atoms with E-state index in [4.69, 9.17) is 9.47 Å². The highest BCUT2D eigenvalue weighted by atomic mass is 127. The summed E-state index contributed by atoms with van der Waals surface area (Å²) in [7, 11) is 0. The Labute approximate surface area is 134 Å². The quantitative estimate of drug-likeness (QED) is 0.417. The lowest BCUT2D eigenvalue weighted by Crippen LogP contribution is -2.37. The molecule has 1 saturated carbocycles. The van der Waals surface area contributed by atoms with Crippen LogP contribution in [0.25, 0.3) is 0 Å². The zero-order valence-electron chi connectivity index (χ0n) is 12.2. The lowest BCUT2D eigenvalue weighted by atomic mass is 9.86. The minimum absolute atomic E-state index is 0.167. The van der Waals surface area contributed by atoms with Gasteiger partial charge in [0.2, 0.25) is 6.10 Å². The van der Waals surface area contributed by atoms with Crippen molar-refractivity contribution in [3.63, 3.8) is 0 Å². The van der Waals surface area contributed by atoms with E-state index in [1.54, 1.807) is 0 Å². The second kappa shape index (κ2) is 6.62. The van der Waals surface area contributed by atoms with E-state index < -0.39 is 17.5 Å². The monoisotopic (exact) mass is 394 g/mol. The molecular formula is C15H23IO4. The molecule has 0 unspecified atom stereocenters. The molecular weight excluding hydrogens is 371 g/mol. The summed E-state index contributed by atoms with van der Waals surface area (Å²) < 4.78 is 10.2. The highest BCUT2D eigenvalue weighted by Gasteiger charge is 2.47. The molecule has 1 saturated heterocycles. The fourth-order valence-corrected chi connectivity index (χ4v) is 3.80. The SMILES string of the molecule is CC1(C)COC(=O)[C@@H]1OC(=O)[C@H](I)CC1CCCCC1. The summed E-state index contributed by atoms with van der Waals surface area (Å²) in [5.41, 5.74) is -0.423. The fourth-order valence-electron chi connectivity index (χ4n) is 2.94. The number of rotatable bonds is 4. The molecule has 1 aliphatic carbocycles. The second-order valence-corrected chi connectivity index (χ2v) is 8.12. The van der Waals surface area contributed by atoms with Crippen molar-refractivity contribution in [3.05, 3.63) is 0 Å². The number of carbonyl (C=O) groups is 2. The van der Waals surface area contributed by atoms with Crippen LogP contribution in [0, 0.1) is 11.3 Å². The van der Waals surface area contributed by atoms with Crippen molar-refractivity contribution >= 4 is 34.5 Å². The molecule has 1 aliphatic heterocycles. The van der Waals surface area contributed by atoms with Crippen molar-refractivity contribution in [1.29, 1.82) is 0 Å². The van der Waals surface area contributed by atoms with E-state index in [1.165, 1.54) is 32.1 Å². The van der Waals surface area contributed by atoms with Crippen LogP contribution in [-0.4, -0.2) is 28.6 Å². The summed E-state index contributed by atoms with van der Waals surface area (Å²) in [4.78, 5) is 23.8. The van der Waals surface area contributed by atoms with E-state index >= 15 is 0 Å². The Morgan fingerprint density at radius 2 is 2.05 bits per heavy atom. The van der Waals surface area contributed by atoms with Gasteiger partial charge in [0.05, 0.1) is 0 Å². The van der Waals surface area contributed by atoms with Gasteiger partial charge in [0.25, 0.3) is 0 Å². The van der Waals surface area contributed by atoms with Crippen LogP contribution in [0.4, 0.5) is 0 Å². The number of hydrogen-bond acceptors (Lipinski definition) is 4. The largest absolute Gasteiger partial charge is 0.462 e. The standard InChI is InChI=1S/C15H23IO4/c1-15(2)9-19-14(18)12(15)20-13(17)11(16)8-10-6-4-3-5-7-10/h10-12H,3-9H2,1-2H3/t11-,12+/m1/s1. The maximum Gasteiger partial charge on any atom is 0.348 e. The first-order valence-electron chi connectivity index (χ1n) is 7.41. The van der Waals surface area contributed by atoms with E-state index in [2.05, 4.69) is 22.6 Å². The molecule has 0 aromatic rings. The third-order valence-corrected chi connectivity index (χ3v) is 5.28. The molecule has 1 heterocycles. The van der Waals surface area contributed by atoms with Gasteiger partial charge in [0, 0.05) is 5.41 Å². The van der Waals surface area contributed by atoms with E-state index in [0.717, 1.165) is 6.42 Å². The fraction of sp³-hybridized carbons (Fsp3) is 0.867. The number of cyclic esters (lactones) is 1. The van der Waals surface area contributed by atoms with Gasteiger partial charge in [-0.2, -0.15) is 0 Å². The van der Waals surface area contributed by atoms with Gasteiger partial charge in [0.15, 0.2) is 0 Å². The van der Waals surface area contributed by atoms with Crippen molar-refractivity contribution in [2.24, 2.45) is 11.3 Å². The van der Waals surface area contributed by atoms with E-state index in [1.807, 2.05) is 13.8 Å². The maximum absolute atomic E-state index is 12.2. The summed E-state index contributed by atoms with van der Waals surface area (Å²) in [6.45, 7) is 4.09. The van der Waals surface area contributed by atoms with Crippen LogP contribution in [0.15, 0.2) is 0 Å². The van der Waals surface area contributed by atoms with E-state index in [9.17, 15) is 9.59 Å². The van der Waals surface area contributed by atoms with Crippen LogP contribution in [0.5, 0.6) is 0 Å². The molecule has 114 valence electrons. The number of ether oxygens (including phenoxy) is 2. The van der Waals surface area contributed by atoms with Crippen LogP contribution >= 0.6 is 22.6 Å². The number of halogens is 1. The predicted molar refractivity (Wildman–Crippen MR) is 83.6 cm³/mol. The summed E-state index contributed by atoms with van der Waals surface area (Å²) in [5.74, 6) is -0.0561. The Bertz CT molecular complexity index is 374. The second-order valence-electron chi connectivity index (χ2n) is 6.62. The first kappa shape index (κ1) is 16.0. The topological polar surface area (TPSA) is 52.6 Å². The molecule has 0 amide bonds. The summed E-state index contributed by atoms with van der Waals surface area (Å²) in [6, 6.07) is 0. The Kier molecular flexibility index (Phi) is 5.31. The van der Waals surface area contributed by atoms with Crippen LogP contribution < -0.4 is 0 Å². The smallest absolute Gasteiger partial charge is 0.348 e. The molecule has 0 N–H and O–H groups in total. The highest BCUT2D eigenvalue weighted by molar-refractivity contribution is 14.1. The summed E-state index contributed by atoms with van der Waals surface area (Å²) in [6.07, 6.45) is 6.39. The highest BCUT2D eigenvalue weighted by Crippen LogP contribution is 2.33. The number of esters is 2. The third kappa shape index (κ3) is 3.86.